The Hall–Kier alpha value is -2.46. The zero-order chi connectivity index (χ0) is 15.1. The lowest BCUT2D eigenvalue weighted by atomic mass is 10.1. The van der Waals surface area contributed by atoms with Crippen molar-refractivity contribution in [1.29, 1.82) is 5.41 Å². The van der Waals surface area contributed by atoms with Crippen LogP contribution in [-0.4, -0.2) is 4.98 Å². The summed E-state index contributed by atoms with van der Waals surface area (Å²) in [5.41, 5.74) is 1.41. The quantitative estimate of drug-likeness (QED) is 0.531. The minimum atomic E-state index is 0.436. The molecule has 4 rings (SSSR count). The second-order valence-corrected chi connectivity index (χ2v) is 5.91. The number of hydrogen-bond donors (Lipinski definition) is 1. The summed E-state index contributed by atoms with van der Waals surface area (Å²) in [6, 6.07) is 17.3. The van der Waals surface area contributed by atoms with Gasteiger partial charge in [-0.3, -0.25) is 10.4 Å². The van der Waals surface area contributed by atoms with Crippen LogP contribution >= 0.6 is 15.9 Å². The van der Waals surface area contributed by atoms with Crippen LogP contribution in [0.5, 0.6) is 0 Å². The van der Waals surface area contributed by atoms with Gasteiger partial charge in [-0.15, -0.1) is 0 Å². The van der Waals surface area contributed by atoms with E-state index in [-0.39, 0.29) is 0 Å². The molecule has 0 radical (unpaired) electrons. The Morgan fingerprint density at radius 1 is 0.955 bits per heavy atom. The van der Waals surface area contributed by atoms with Crippen LogP contribution in [0.2, 0.25) is 0 Å². The first kappa shape index (κ1) is 13.2. The fourth-order valence-electron chi connectivity index (χ4n) is 2.53. The molecular formula is C18H11BrN2O. The third-order valence-electron chi connectivity index (χ3n) is 3.64. The standard InChI is InChI=1S/C18H11BrN2O/c19-14-6-3-4-11-10-21-16(8-13(11)14)18-9-15(20)12-5-1-2-7-17(12)22-18/h1-10,20H. The van der Waals surface area contributed by atoms with Gasteiger partial charge in [-0.25, -0.2) is 0 Å². The SMILES string of the molecule is N=c1cc(-c2cc3c(Br)cccc3cn2)oc2ccccc12. The van der Waals surface area contributed by atoms with Crippen LogP contribution in [0.25, 0.3) is 33.2 Å². The van der Waals surface area contributed by atoms with E-state index < -0.39 is 0 Å². The number of pyridine rings is 1. The van der Waals surface area contributed by atoms with Gasteiger partial charge in [0.2, 0.25) is 0 Å². The van der Waals surface area contributed by atoms with Crippen molar-refractivity contribution in [1.82, 2.24) is 4.98 Å². The molecule has 0 bridgehead atoms. The van der Waals surface area contributed by atoms with E-state index in [1.165, 1.54) is 0 Å². The van der Waals surface area contributed by atoms with Crippen molar-refractivity contribution in [2.24, 2.45) is 0 Å². The highest BCUT2D eigenvalue weighted by atomic mass is 79.9. The predicted octanol–water partition coefficient (Wildman–Crippen LogP) is 4.89. The Morgan fingerprint density at radius 3 is 2.73 bits per heavy atom. The number of rotatable bonds is 1. The summed E-state index contributed by atoms with van der Waals surface area (Å²) in [4.78, 5) is 4.47. The lowest BCUT2D eigenvalue weighted by molar-refractivity contribution is 0.615. The summed E-state index contributed by atoms with van der Waals surface area (Å²) in [5, 5.41) is 11.5. The largest absolute Gasteiger partial charge is 0.454 e. The van der Waals surface area contributed by atoms with Gasteiger partial charge < -0.3 is 4.42 Å². The van der Waals surface area contributed by atoms with Gasteiger partial charge in [0.25, 0.3) is 0 Å². The lowest BCUT2D eigenvalue weighted by Crippen LogP contribution is -2.00. The molecule has 0 unspecified atom stereocenters. The lowest BCUT2D eigenvalue weighted by Gasteiger charge is -2.06. The normalized spacial score (nSPS) is 11.1. The molecule has 0 atom stereocenters. The molecule has 0 saturated carbocycles. The van der Waals surface area contributed by atoms with Gasteiger partial charge >= 0.3 is 0 Å². The highest BCUT2D eigenvalue weighted by Crippen LogP contribution is 2.28. The number of para-hydroxylation sites is 1. The predicted molar refractivity (Wildman–Crippen MR) is 90.5 cm³/mol. The maximum atomic E-state index is 8.16. The van der Waals surface area contributed by atoms with Crippen LogP contribution in [0.4, 0.5) is 0 Å². The molecular weight excluding hydrogens is 340 g/mol. The van der Waals surface area contributed by atoms with E-state index in [9.17, 15) is 0 Å². The Labute approximate surface area is 134 Å². The van der Waals surface area contributed by atoms with E-state index in [4.69, 9.17) is 9.83 Å². The fraction of sp³-hybridized carbons (Fsp3) is 0. The first-order valence-corrected chi connectivity index (χ1v) is 7.64. The Bertz CT molecular complexity index is 1070. The molecule has 0 aliphatic heterocycles. The second-order valence-electron chi connectivity index (χ2n) is 5.05. The highest BCUT2D eigenvalue weighted by Gasteiger charge is 2.08. The summed E-state index contributed by atoms with van der Waals surface area (Å²) in [5.74, 6) is 0.598. The number of halogens is 1. The van der Waals surface area contributed by atoms with Crippen molar-refractivity contribution in [3.05, 3.63) is 70.6 Å². The minimum Gasteiger partial charge on any atom is -0.454 e. The van der Waals surface area contributed by atoms with E-state index in [2.05, 4.69) is 20.9 Å². The van der Waals surface area contributed by atoms with Gasteiger partial charge in [0, 0.05) is 27.5 Å². The average molecular weight is 351 g/mol. The first-order valence-electron chi connectivity index (χ1n) is 6.84. The molecule has 22 heavy (non-hydrogen) atoms. The summed E-state index contributed by atoms with van der Waals surface area (Å²) in [6.45, 7) is 0. The van der Waals surface area contributed by atoms with Gasteiger partial charge in [0.1, 0.15) is 11.3 Å². The highest BCUT2D eigenvalue weighted by molar-refractivity contribution is 9.10. The molecule has 0 fully saturated rings. The van der Waals surface area contributed by atoms with Crippen LogP contribution < -0.4 is 5.36 Å². The third-order valence-corrected chi connectivity index (χ3v) is 4.33. The average Bonchev–Trinajstić information content (AvgIpc) is 2.55. The van der Waals surface area contributed by atoms with Gasteiger partial charge in [0.05, 0.1) is 5.36 Å². The zero-order valence-electron chi connectivity index (χ0n) is 11.5. The smallest absolute Gasteiger partial charge is 0.155 e. The number of hydrogen-bond acceptors (Lipinski definition) is 3. The van der Waals surface area contributed by atoms with Gasteiger partial charge in [-0.1, -0.05) is 40.2 Å². The van der Waals surface area contributed by atoms with Crippen LogP contribution in [0.15, 0.2) is 69.7 Å². The van der Waals surface area contributed by atoms with Crippen LogP contribution in [0.1, 0.15) is 0 Å². The Balaban J connectivity index is 1.99. The number of aromatic nitrogens is 1. The summed E-state index contributed by atoms with van der Waals surface area (Å²) in [7, 11) is 0. The van der Waals surface area contributed by atoms with E-state index in [0.717, 1.165) is 26.3 Å². The molecule has 1 N–H and O–H groups in total. The van der Waals surface area contributed by atoms with Crippen molar-refractivity contribution in [2.45, 2.75) is 0 Å². The fourth-order valence-corrected chi connectivity index (χ4v) is 3.02. The van der Waals surface area contributed by atoms with Crippen LogP contribution in [0.3, 0.4) is 0 Å². The molecule has 2 aromatic carbocycles. The third kappa shape index (κ3) is 2.12. The molecule has 4 heteroatoms. The number of nitrogens with one attached hydrogen (secondary N) is 1. The first-order chi connectivity index (χ1) is 10.7. The van der Waals surface area contributed by atoms with Crippen LogP contribution in [-0.2, 0) is 0 Å². The van der Waals surface area contributed by atoms with E-state index in [0.29, 0.717) is 16.7 Å². The van der Waals surface area contributed by atoms with E-state index in [1.54, 1.807) is 6.07 Å². The molecule has 0 saturated heterocycles. The van der Waals surface area contributed by atoms with Crippen molar-refractivity contribution in [3.8, 4) is 11.5 Å². The van der Waals surface area contributed by atoms with E-state index >= 15 is 0 Å². The topological polar surface area (TPSA) is 49.9 Å². The molecule has 3 nitrogen and oxygen atoms in total. The molecule has 0 aliphatic rings. The summed E-state index contributed by atoms with van der Waals surface area (Å²) in [6.07, 6.45) is 1.82. The number of nitrogens with zero attached hydrogens (tertiary/aromatic N) is 1. The molecule has 0 amide bonds. The van der Waals surface area contributed by atoms with E-state index in [1.807, 2.05) is 54.7 Å². The second kappa shape index (κ2) is 5.07. The minimum absolute atomic E-state index is 0.436. The van der Waals surface area contributed by atoms with Crippen LogP contribution in [0, 0.1) is 5.41 Å². The van der Waals surface area contributed by atoms with Crippen molar-refractivity contribution >= 4 is 37.7 Å². The Kier molecular flexibility index (Phi) is 3.05. The number of fused-ring (bicyclic) bond motifs is 2. The summed E-state index contributed by atoms with van der Waals surface area (Å²) >= 11 is 3.56. The van der Waals surface area contributed by atoms with Gasteiger partial charge in [0.15, 0.2) is 5.76 Å². The van der Waals surface area contributed by atoms with Gasteiger partial charge in [-0.05, 0) is 29.7 Å². The molecule has 2 aromatic heterocycles. The summed E-state index contributed by atoms with van der Waals surface area (Å²) < 4.78 is 6.93. The molecule has 4 aromatic rings. The number of benzene rings is 2. The van der Waals surface area contributed by atoms with Crippen molar-refractivity contribution < 1.29 is 4.42 Å². The van der Waals surface area contributed by atoms with Crippen molar-refractivity contribution in [3.63, 3.8) is 0 Å². The maximum Gasteiger partial charge on any atom is 0.155 e. The molecule has 0 spiro atoms. The van der Waals surface area contributed by atoms with Gasteiger partial charge in [-0.2, -0.15) is 0 Å². The molecule has 0 aliphatic carbocycles. The monoisotopic (exact) mass is 350 g/mol. The molecule has 2 heterocycles. The Morgan fingerprint density at radius 2 is 1.82 bits per heavy atom. The maximum absolute atomic E-state index is 8.16. The molecule has 106 valence electrons. The zero-order valence-corrected chi connectivity index (χ0v) is 13.1. The van der Waals surface area contributed by atoms with Crippen molar-refractivity contribution in [2.75, 3.05) is 0 Å².